The van der Waals surface area contributed by atoms with E-state index in [1.807, 2.05) is 13.8 Å². The lowest BCUT2D eigenvalue weighted by molar-refractivity contribution is 0.415. The van der Waals surface area contributed by atoms with E-state index in [9.17, 15) is 10.2 Å². The second-order valence-electron chi connectivity index (χ2n) is 4.72. The number of nitrogens with two attached hydrogens (primary N) is 1. The molecule has 0 unspecified atom stereocenters. The fourth-order valence-electron chi connectivity index (χ4n) is 2.16. The second-order valence-corrected chi connectivity index (χ2v) is 4.72. The van der Waals surface area contributed by atoms with Crippen molar-refractivity contribution in [2.24, 2.45) is 11.1 Å². The van der Waals surface area contributed by atoms with Crippen LogP contribution in [0, 0.1) is 5.41 Å². The molecule has 82 valence electrons. The molecule has 0 aliphatic heterocycles. The molecule has 0 amide bonds. The average molecular weight is 209 g/mol. The first kappa shape index (κ1) is 10.1. The van der Waals surface area contributed by atoms with Crippen LogP contribution in [0.3, 0.4) is 0 Å². The van der Waals surface area contributed by atoms with E-state index in [0.29, 0.717) is 5.56 Å². The summed E-state index contributed by atoms with van der Waals surface area (Å²) in [6.07, 6.45) is 0. The quantitative estimate of drug-likeness (QED) is 0.560. The van der Waals surface area contributed by atoms with Crippen LogP contribution in [-0.2, 0) is 0 Å². The maximum Gasteiger partial charge on any atom is 0.126 e. The van der Waals surface area contributed by atoms with Gasteiger partial charge in [0.05, 0.1) is 0 Å². The zero-order valence-electron chi connectivity index (χ0n) is 8.73. The summed E-state index contributed by atoms with van der Waals surface area (Å²) >= 11 is 0. The van der Waals surface area contributed by atoms with E-state index >= 15 is 0 Å². The van der Waals surface area contributed by atoms with Crippen LogP contribution >= 0.6 is 0 Å². The van der Waals surface area contributed by atoms with Crippen molar-refractivity contribution in [1.82, 2.24) is 0 Å². The summed E-state index contributed by atoms with van der Waals surface area (Å²) < 4.78 is 0. The van der Waals surface area contributed by atoms with Crippen LogP contribution < -0.4 is 5.73 Å². The molecule has 0 heterocycles. The van der Waals surface area contributed by atoms with Gasteiger partial charge in [-0.1, -0.05) is 13.8 Å². The minimum Gasteiger partial charge on any atom is -0.508 e. The molecule has 1 aromatic rings. The normalized spacial score (nSPS) is 27.7. The average Bonchev–Trinajstić information content (AvgIpc) is 2.53. The summed E-state index contributed by atoms with van der Waals surface area (Å²) in [4.78, 5) is 0. The van der Waals surface area contributed by atoms with E-state index in [1.54, 1.807) is 0 Å². The number of phenolic OH excluding ortho intramolecular Hbond substituents is 3. The summed E-state index contributed by atoms with van der Waals surface area (Å²) in [6.45, 7) is 3.96. The lowest BCUT2D eigenvalue weighted by atomic mass is 10.0. The largest absolute Gasteiger partial charge is 0.508 e. The Morgan fingerprint density at radius 2 is 1.53 bits per heavy atom. The number of hydrogen-bond acceptors (Lipinski definition) is 4. The van der Waals surface area contributed by atoms with E-state index < -0.39 is 0 Å². The van der Waals surface area contributed by atoms with E-state index in [4.69, 9.17) is 10.8 Å². The summed E-state index contributed by atoms with van der Waals surface area (Å²) in [5.41, 5.74) is 6.18. The fraction of sp³-hybridized carbons (Fsp3) is 0.455. The zero-order valence-corrected chi connectivity index (χ0v) is 8.73. The van der Waals surface area contributed by atoms with Crippen LogP contribution in [0.15, 0.2) is 12.1 Å². The highest BCUT2D eigenvalue weighted by Gasteiger charge is 2.58. The van der Waals surface area contributed by atoms with Gasteiger partial charge in [0.2, 0.25) is 0 Å². The molecule has 5 N–H and O–H groups in total. The van der Waals surface area contributed by atoms with Crippen LogP contribution in [0.4, 0.5) is 0 Å². The van der Waals surface area contributed by atoms with Gasteiger partial charge < -0.3 is 21.1 Å². The first-order chi connectivity index (χ1) is 6.85. The molecular weight excluding hydrogens is 194 g/mol. The molecule has 1 saturated carbocycles. The van der Waals surface area contributed by atoms with Crippen LogP contribution in [-0.4, -0.2) is 21.4 Å². The van der Waals surface area contributed by atoms with Crippen LogP contribution in [0.5, 0.6) is 17.2 Å². The van der Waals surface area contributed by atoms with Crippen molar-refractivity contribution in [3.63, 3.8) is 0 Å². The Bertz CT molecular complexity index is 391. The molecule has 4 nitrogen and oxygen atoms in total. The molecule has 0 spiro atoms. The molecule has 1 aliphatic rings. The summed E-state index contributed by atoms with van der Waals surface area (Å²) in [5.74, 6) is -0.407. The standard InChI is InChI=1S/C11H15NO3/c1-11(2)9(10(11)12)8-6(14)3-5(13)4-7(8)15/h3-4,9-10,13-15H,12H2,1-2H3/t9-,10-/m1/s1. The molecule has 4 heteroatoms. The van der Waals surface area contributed by atoms with E-state index in [1.165, 1.54) is 12.1 Å². The van der Waals surface area contributed by atoms with Crippen LogP contribution in [0.2, 0.25) is 0 Å². The molecule has 0 aromatic heterocycles. The summed E-state index contributed by atoms with van der Waals surface area (Å²) in [5, 5.41) is 28.5. The Kier molecular flexibility index (Phi) is 1.88. The molecule has 1 aromatic carbocycles. The highest BCUT2D eigenvalue weighted by atomic mass is 16.3. The predicted octanol–water partition coefficient (Wildman–Crippen LogP) is 1.25. The van der Waals surface area contributed by atoms with E-state index in [-0.39, 0.29) is 34.6 Å². The van der Waals surface area contributed by atoms with Crippen molar-refractivity contribution >= 4 is 0 Å². The highest BCUT2D eigenvalue weighted by molar-refractivity contribution is 5.54. The van der Waals surface area contributed by atoms with Gasteiger partial charge in [0.15, 0.2) is 0 Å². The van der Waals surface area contributed by atoms with Gasteiger partial charge in [0, 0.05) is 29.7 Å². The van der Waals surface area contributed by atoms with E-state index in [2.05, 4.69) is 0 Å². The van der Waals surface area contributed by atoms with Crippen molar-refractivity contribution in [2.45, 2.75) is 25.8 Å². The van der Waals surface area contributed by atoms with Gasteiger partial charge in [-0.15, -0.1) is 0 Å². The minimum atomic E-state index is -0.152. The maximum atomic E-state index is 9.66. The minimum absolute atomic E-state index is 0.0573. The number of benzene rings is 1. The first-order valence-electron chi connectivity index (χ1n) is 4.86. The number of rotatable bonds is 1. The molecule has 2 atom stereocenters. The summed E-state index contributed by atoms with van der Waals surface area (Å²) in [7, 11) is 0. The van der Waals surface area contributed by atoms with Crippen molar-refractivity contribution in [3.05, 3.63) is 17.7 Å². The number of aromatic hydroxyl groups is 3. The second kappa shape index (κ2) is 2.79. The van der Waals surface area contributed by atoms with Crippen molar-refractivity contribution < 1.29 is 15.3 Å². The first-order valence-corrected chi connectivity index (χ1v) is 4.86. The van der Waals surface area contributed by atoms with Crippen molar-refractivity contribution in [2.75, 3.05) is 0 Å². The molecular formula is C11H15NO3. The molecule has 0 saturated heterocycles. The number of hydrogen-bond donors (Lipinski definition) is 4. The lowest BCUT2D eigenvalue weighted by Gasteiger charge is -2.08. The molecule has 0 bridgehead atoms. The zero-order chi connectivity index (χ0) is 11.4. The van der Waals surface area contributed by atoms with Gasteiger partial charge in [-0.3, -0.25) is 0 Å². The van der Waals surface area contributed by atoms with Crippen molar-refractivity contribution in [1.29, 1.82) is 0 Å². The van der Waals surface area contributed by atoms with Gasteiger partial charge in [-0.05, 0) is 5.41 Å². The Hall–Kier alpha value is -1.42. The predicted molar refractivity (Wildman–Crippen MR) is 55.9 cm³/mol. The van der Waals surface area contributed by atoms with Crippen LogP contribution in [0.25, 0.3) is 0 Å². The van der Waals surface area contributed by atoms with Crippen molar-refractivity contribution in [3.8, 4) is 17.2 Å². The topological polar surface area (TPSA) is 86.7 Å². The van der Waals surface area contributed by atoms with Gasteiger partial charge >= 0.3 is 0 Å². The highest BCUT2D eigenvalue weighted by Crippen LogP contribution is 2.61. The van der Waals surface area contributed by atoms with E-state index in [0.717, 1.165) is 0 Å². The Balaban J connectivity index is 2.47. The summed E-state index contributed by atoms with van der Waals surface area (Å²) in [6, 6.07) is 2.37. The van der Waals surface area contributed by atoms with Gasteiger partial charge in [0.1, 0.15) is 17.2 Å². The molecule has 0 radical (unpaired) electrons. The fourth-order valence-corrected chi connectivity index (χ4v) is 2.16. The molecule has 1 aliphatic carbocycles. The third-order valence-electron chi connectivity index (χ3n) is 3.34. The maximum absolute atomic E-state index is 9.66. The third kappa shape index (κ3) is 1.33. The molecule has 2 rings (SSSR count). The Labute approximate surface area is 88.0 Å². The van der Waals surface area contributed by atoms with Crippen LogP contribution in [0.1, 0.15) is 25.3 Å². The lowest BCUT2D eigenvalue weighted by Crippen LogP contribution is -2.06. The third-order valence-corrected chi connectivity index (χ3v) is 3.34. The molecule has 15 heavy (non-hydrogen) atoms. The molecule has 1 fully saturated rings. The Morgan fingerprint density at radius 1 is 1.13 bits per heavy atom. The monoisotopic (exact) mass is 209 g/mol. The van der Waals surface area contributed by atoms with Gasteiger partial charge in [0.25, 0.3) is 0 Å². The van der Waals surface area contributed by atoms with Gasteiger partial charge in [-0.2, -0.15) is 0 Å². The van der Waals surface area contributed by atoms with Gasteiger partial charge in [-0.25, -0.2) is 0 Å². The SMILES string of the molecule is CC1(C)[C@H](N)[C@H]1c1c(O)cc(O)cc1O. The number of phenols is 3. The Morgan fingerprint density at radius 3 is 1.87 bits per heavy atom. The smallest absolute Gasteiger partial charge is 0.126 e.